The topological polar surface area (TPSA) is 41.6 Å². The van der Waals surface area contributed by atoms with Crippen molar-refractivity contribution in [3.8, 4) is 0 Å². The molecule has 1 atom stereocenters. The molecule has 4 heteroatoms. The number of rotatable bonds is 3. The standard InChI is InChI=1S/C19H30N2O2/c1-14(2)16-8-6-15(7-9-16)12-17-13-21(11-10-20-17)18(22)23-19(3,4)5/h6-9,14,17,20H,10-13H2,1-5H3/t17-/m1/s1. The van der Waals surface area contributed by atoms with Crippen LogP contribution in [0.25, 0.3) is 0 Å². The fourth-order valence-corrected chi connectivity index (χ4v) is 2.78. The van der Waals surface area contributed by atoms with Gasteiger partial charge in [-0.1, -0.05) is 38.1 Å². The number of amides is 1. The Morgan fingerprint density at radius 3 is 2.52 bits per heavy atom. The molecule has 0 bridgehead atoms. The second-order valence-electron chi connectivity index (χ2n) is 7.68. The summed E-state index contributed by atoms with van der Waals surface area (Å²) in [5.74, 6) is 0.555. The van der Waals surface area contributed by atoms with E-state index in [9.17, 15) is 4.79 Å². The Hall–Kier alpha value is -1.55. The van der Waals surface area contributed by atoms with Crippen LogP contribution in [0.15, 0.2) is 24.3 Å². The van der Waals surface area contributed by atoms with Crippen molar-refractivity contribution in [1.29, 1.82) is 0 Å². The van der Waals surface area contributed by atoms with E-state index in [-0.39, 0.29) is 12.1 Å². The number of ether oxygens (including phenoxy) is 1. The molecule has 0 radical (unpaired) electrons. The minimum absolute atomic E-state index is 0.209. The lowest BCUT2D eigenvalue weighted by molar-refractivity contribution is 0.0195. The molecule has 1 aliphatic heterocycles. The number of hydrogen-bond acceptors (Lipinski definition) is 3. The minimum atomic E-state index is -0.440. The molecule has 23 heavy (non-hydrogen) atoms. The van der Waals surface area contributed by atoms with Crippen LogP contribution in [-0.2, 0) is 11.2 Å². The molecule has 4 nitrogen and oxygen atoms in total. The average molecular weight is 318 g/mol. The van der Waals surface area contributed by atoms with Crippen LogP contribution in [0.4, 0.5) is 4.79 Å². The molecule has 128 valence electrons. The number of hydrogen-bond donors (Lipinski definition) is 1. The normalized spacial score (nSPS) is 19.0. The third kappa shape index (κ3) is 5.54. The summed E-state index contributed by atoms with van der Waals surface area (Å²) in [6, 6.07) is 9.08. The van der Waals surface area contributed by atoms with Gasteiger partial charge in [0.15, 0.2) is 0 Å². The van der Waals surface area contributed by atoms with Gasteiger partial charge in [-0.3, -0.25) is 0 Å². The quantitative estimate of drug-likeness (QED) is 0.926. The van der Waals surface area contributed by atoms with Crippen LogP contribution in [-0.4, -0.2) is 42.3 Å². The lowest BCUT2D eigenvalue weighted by Crippen LogP contribution is -2.54. The summed E-state index contributed by atoms with van der Waals surface area (Å²) in [6.45, 7) is 12.3. The molecule has 1 N–H and O–H groups in total. The molecule has 0 saturated carbocycles. The van der Waals surface area contributed by atoms with Crippen LogP contribution in [0.3, 0.4) is 0 Å². The van der Waals surface area contributed by atoms with Crippen molar-refractivity contribution < 1.29 is 9.53 Å². The fraction of sp³-hybridized carbons (Fsp3) is 0.632. The zero-order valence-corrected chi connectivity index (χ0v) is 15.1. The summed E-state index contributed by atoms with van der Waals surface area (Å²) < 4.78 is 5.48. The van der Waals surface area contributed by atoms with E-state index in [1.807, 2.05) is 25.7 Å². The summed E-state index contributed by atoms with van der Waals surface area (Å²) in [5, 5.41) is 3.50. The number of nitrogens with zero attached hydrogens (tertiary/aromatic N) is 1. The van der Waals surface area contributed by atoms with Crippen molar-refractivity contribution in [1.82, 2.24) is 10.2 Å². The molecule has 0 spiro atoms. The summed E-state index contributed by atoms with van der Waals surface area (Å²) in [6.07, 6.45) is 0.719. The van der Waals surface area contributed by atoms with Gasteiger partial charge in [0.2, 0.25) is 0 Å². The number of benzene rings is 1. The first-order valence-corrected chi connectivity index (χ1v) is 8.55. The smallest absolute Gasteiger partial charge is 0.410 e. The molecule has 0 aromatic heterocycles. The van der Waals surface area contributed by atoms with Crippen LogP contribution in [0.1, 0.15) is 51.7 Å². The maximum Gasteiger partial charge on any atom is 0.410 e. The highest BCUT2D eigenvalue weighted by Crippen LogP contribution is 2.17. The van der Waals surface area contributed by atoms with E-state index < -0.39 is 5.60 Å². The molecule has 1 aliphatic rings. The predicted molar refractivity (Wildman–Crippen MR) is 93.8 cm³/mol. The van der Waals surface area contributed by atoms with Gasteiger partial charge in [0.05, 0.1) is 0 Å². The van der Waals surface area contributed by atoms with E-state index in [0.717, 1.165) is 13.0 Å². The number of nitrogens with one attached hydrogen (secondary N) is 1. The van der Waals surface area contributed by atoms with Crippen LogP contribution in [0.5, 0.6) is 0 Å². The second-order valence-corrected chi connectivity index (χ2v) is 7.68. The second kappa shape index (κ2) is 7.35. The van der Waals surface area contributed by atoms with Crippen LogP contribution < -0.4 is 5.32 Å². The molecule has 1 saturated heterocycles. The number of carbonyl (C=O) groups excluding carboxylic acids is 1. The summed E-state index contributed by atoms with van der Waals surface area (Å²) >= 11 is 0. The first-order valence-electron chi connectivity index (χ1n) is 8.55. The van der Waals surface area contributed by atoms with Crippen LogP contribution in [0.2, 0.25) is 0 Å². The molecular formula is C19H30N2O2. The Kier molecular flexibility index (Phi) is 5.69. The molecule has 1 aromatic rings. The number of carbonyl (C=O) groups is 1. The number of piperazine rings is 1. The van der Waals surface area contributed by atoms with Crippen molar-refractivity contribution in [2.75, 3.05) is 19.6 Å². The van der Waals surface area contributed by atoms with Gasteiger partial charge in [0, 0.05) is 25.7 Å². The van der Waals surface area contributed by atoms with Crippen LogP contribution in [0, 0.1) is 0 Å². The van der Waals surface area contributed by atoms with Gasteiger partial charge >= 0.3 is 6.09 Å². The highest BCUT2D eigenvalue weighted by molar-refractivity contribution is 5.68. The highest BCUT2D eigenvalue weighted by atomic mass is 16.6. The van der Waals surface area contributed by atoms with E-state index in [0.29, 0.717) is 19.0 Å². The molecule has 1 heterocycles. The molecule has 1 fully saturated rings. The largest absolute Gasteiger partial charge is 0.444 e. The van der Waals surface area contributed by atoms with Crippen molar-refractivity contribution in [2.45, 2.75) is 58.6 Å². The third-order valence-corrected chi connectivity index (χ3v) is 4.04. The van der Waals surface area contributed by atoms with Crippen molar-refractivity contribution in [3.63, 3.8) is 0 Å². The maximum absolute atomic E-state index is 12.2. The Morgan fingerprint density at radius 1 is 1.30 bits per heavy atom. The Labute approximate surface area is 140 Å². The van der Waals surface area contributed by atoms with Gasteiger partial charge in [-0.15, -0.1) is 0 Å². The first kappa shape index (κ1) is 17.8. The van der Waals surface area contributed by atoms with E-state index in [2.05, 4.69) is 43.4 Å². The fourth-order valence-electron chi connectivity index (χ4n) is 2.78. The van der Waals surface area contributed by atoms with E-state index in [4.69, 9.17) is 4.74 Å². The summed E-state index contributed by atoms with van der Waals surface area (Å²) in [4.78, 5) is 14.0. The maximum atomic E-state index is 12.2. The molecule has 0 unspecified atom stereocenters. The third-order valence-electron chi connectivity index (χ3n) is 4.04. The van der Waals surface area contributed by atoms with Gasteiger partial charge in [-0.05, 0) is 44.2 Å². The molecule has 1 aromatic carbocycles. The van der Waals surface area contributed by atoms with E-state index >= 15 is 0 Å². The van der Waals surface area contributed by atoms with Gasteiger partial charge in [0.1, 0.15) is 5.60 Å². The molecular weight excluding hydrogens is 288 g/mol. The minimum Gasteiger partial charge on any atom is -0.444 e. The van der Waals surface area contributed by atoms with Crippen molar-refractivity contribution in [3.05, 3.63) is 35.4 Å². The van der Waals surface area contributed by atoms with Crippen LogP contribution >= 0.6 is 0 Å². The zero-order valence-electron chi connectivity index (χ0n) is 15.1. The molecule has 2 rings (SSSR count). The summed E-state index contributed by atoms with van der Waals surface area (Å²) in [5.41, 5.74) is 2.23. The average Bonchev–Trinajstić information content (AvgIpc) is 2.46. The van der Waals surface area contributed by atoms with E-state index in [1.165, 1.54) is 11.1 Å². The molecule has 0 aliphatic carbocycles. The highest BCUT2D eigenvalue weighted by Gasteiger charge is 2.27. The lowest BCUT2D eigenvalue weighted by atomic mass is 9.98. The van der Waals surface area contributed by atoms with Crippen molar-refractivity contribution >= 4 is 6.09 Å². The molecule has 1 amide bonds. The van der Waals surface area contributed by atoms with Gasteiger partial charge in [-0.2, -0.15) is 0 Å². The lowest BCUT2D eigenvalue weighted by Gasteiger charge is -2.35. The van der Waals surface area contributed by atoms with Gasteiger partial charge in [-0.25, -0.2) is 4.79 Å². The Balaban J connectivity index is 1.92. The van der Waals surface area contributed by atoms with Crippen molar-refractivity contribution in [2.24, 2.45) is 0 Å². The van der Waals surface area contributed by atoms with Gasteiger partial charge < -0.3 is 15.0 Å². The van der Waals surface area contributed by atoms with E-state index in [1.54, 1.807) is 0 Å². The zero-order chi connectivity index (χ0) is 17.0. The Morgan fingerprint density at radius 2 is 1.96 bits per heavy atom. The first-order chi connectivity index (χ1) is 10.7. The Bertz CT molecular complexity index is 517. The SMILES string of the molecule is CC(C)c1ccc(C[C@@H]2CN(C(=O)OC(C)(C)C)CCN2)cc1. The predicted octanol–water partition coefficient (Wildman–Crippen LogP) is 3.56. The van der Waals surface area contributed by atoms with Gasteiger partial charge in [0.25, 0.3) is 0 Å². The summed E-state index contributed by atoms with van der Waals surface area (Å²) in [7, 11) is 0. The monoisotopic (exact) mass is 318 g/mol.